The Bertz CT molecular complexity index is 2500. The van der Waals surface area contributed by atoms with Gasteiger partial charge in [-0.25, -0.2) is 0 Å². The fourth-order valence-electron chi connectivity index (χ4n) is 7.57. The van der Waals surface area contributed by atoms with Crippen LogP contribution in [0.25, 0.3) is 60.6 Å². The van der Waals surface area contributed by atoms with E-state index in [0.717, 1.165) is 27.6 Å². The third-order valence-electron chi connectivity index (χ3n) is 9.43. The zero-order valence-electron chi connectivity index (χ0n) is 23.6. The molecule has 0 saturated carbocycles. The van der Waals surface area contributed by atoms with Crippen LogP contribution in [0.2, 0.25) is 0 Å². The number of furan rings is 1. The van der Waals surface area contributed by atoms with Crippen LogP contribution >= 0.6 is 23.5 Å². The van der Waals surface area contributed by atoms with E-state index in [2.05, 4.69) is 128 Å². The van der Waals surface area contributed by atoms with Gasteiger partial charge in [0.15, 0.2) is 5.58 Å². The number of fused-ring (bicyclic) bond motifs is 13. The lowest BCUT2D eigenvalue weighted by molar-refractivity contribution is 0.642. The predicted molar refractivity (Wildman–Crippen MR) is 180 cm³/mol. The van der Waals surface area contributed by atoms with Crippen molar-refractivity contribution in [2.24, 2.45) is 0 Å². The van der Waals surface area contributed by atoms with Crippen molar-refractivity contribution in [3.8, 4) is 16.8 Å². The topological polar surface area (TPSA) is 18.1 Å². The molecule has 1 aliphatic heterocycles. The van der Waals surface area contributed by atoms with Gasteiger partial charge in [-0.1, -0.05) is 116 Å². The number of benzene rings is 6. The predicted octanol–water partition coefficient (Wildman–Crippen LogP) is 11.6. The first-order chi connectivity index (χ1) is 21.1. The summed E-state index contributed by atoms with van der Waals surface area (Å²) < 4.78 is 9.08. The van der Waals surface area contributed by atoms with Gasteiger partial charge in [0, 0.05) is 52.1 Å². The maximum atomic E-state index is 6.62. The van der Waals surface area contributed by atoms with E-state index in [0.29, 0.717) is 0 Å². The van der Waals surface area contributed by atoms with Crippen molar-refractivity contribution in [2.75, 3.05) is 0 Å². The molecule has 3 heterocycles. The van der Waals surface area contributed by atoms with E-state index in [1.54, 1.807) is 0 Å². The second-order valence-electron chi connectivity index (χ2n) is 12.1. The highest BCUT2D eigenvalue weighted by Gasteiger charge is 2.41. The lowest BCUT2D eigenvalue weighted by Gasteiger charge is -2.28. The molecule has 8 aromatic rings. The third kappa shape index (κ3) is 3.07. The summed E-state index contributed by atoms with van der Waals surface area (Å²) in [6.45, 7) is 4.81. The van der Waals surface area contributed by atoms with Crippen molar-refractivity contribution in [2.45, 2.75) is 38.8 Å². The maximum Gasteiger partial charge on any atom is 0.159 e. The van der Waals surface area contributed by atoms with E-state index >= 15 is 0 Å². The monoisotopic (exact) mass is 587 g/mol. The highest BCUT2D eigenvalue weighted by Crippen LogP contribution is 2.60. The summed E-state index contributed by atoms with van der Waals surface area (Å²) >= 11 is 3.83. The fourth-order valence-corrected chi connectivity index (χ4v) is 10.1. The number of hydrogen-bond donors (Lipinski definition) is 0. The molecule has 2 aromatic heterocycles. The Morgan fingerprint density at radius 1 is 0.605 bits per heavy atom. The molecular formula is C39H25NOS2. The molecule has 43 heavy (non-hydrogen) atoms. The summed E-state index contributed by atoms with van der Waals surface area (Å²) in [5, 5.41) is 4.83. The van der Waals surface area contributed by atoms with Crippen LogP contribution in [-0.2, 0) is 5.41 Å². The molecule has 0 N–H and O–H groups in total. The van der Waals surface area contributed by atoms with Crippen LogP contribution in [0.15, 0.2) is 139 Å². The Hall–Kier alpha value is -4.38. The van der Waals surface area contributed by atoms with Crippen molar-refractivity contribution >= 4 is 67.3 Å². The lowest BCUT2D eigenvalue weighted by atomic mass is 9.82. The lowest BCUT2D eigenvalue weighted by Crippen LogP contribution is -2.17. The molecule has 10 rings (SSSR count). The fraction of sp³-hybridized carbons (Fsp3) is 0.0769. The summed E-state index contributed by atoms with van der Waals surface area (Å²) in [4.78, 5) is 5.44. The first kappa shape index (κ1) is 24.1. The third-order valence-corrected chi connectivity index (χ3v) is 12.0. The van der Waals surface area contributed by atoms with Crippen molar-refractivity contribution in [3.63, 3.8) is 0 Å². The molecule has 2 aliphatic rings. The standard InChI is InChI=1S/C39H25NOS2/c1-39(2)27-20-18-24-22-10-3-5-13-28(22)40(29-14-9-12-25-23-11-4-6-15-30(23)41-37(25)29)36(24)34(27)26-19-21-33-38(35(26)39)43-32-17-8-7-16-31(32)42-33/h3-21H,1-2H3. The second-order valence-corrected chi connectivity index (χ2v) is 14.2. The molecule has 204 valence electrons. The Morgan fingerprint density at radius 3 is 2.23 bits per heavy atom. The van der Waals surface area contributed by atoms with Crippen LogP contribution in [0.4, 0.5) is 0 Å². The van der Waals surface area contributed by atoms with E-state index < -0.39 is 0 Å². The number of rotatable bonds is 1. The molecule has 0 spiro atoms. The van der Waals surface area contributed by atoms with Gasteiger partial charge in [-0.3, -0.25) is 0 Å². The summed E-state index contributed by atoms with van der Waals surface area (Å²) in [6.07, 6.45) is 0. The highest BCUT2D eigenvalue weighted by atomic mass is 32.2. The quantitative estimate of drug-likeness (QED) is 0.190. The van der Waals surface area contributed by atoms with Gasteiger partial charge in [-0.15, -0.1) is 0 Å². The van der Waals surface area contributed by atoms with Crippen molar-refractivity contribution in [1.82, 2.24) is 4.57 Å². The van der Waals surface area contributed by atoms with Crippen LogP contribution < -0.4 is 0 Å². The summed E-state index contributed by atoms with van der Waals surface area (Å²) in [5.41, 5.74) is 10.8. The SMILES string of the molecule is CC1(C)c2ccc3c4ccccc4n(-c4cccc5c4oc4ccccc45)c3c2-c2ccc3c(c21)Sc1ccccc1S3. The normalized spacial score (nSPS) is 14.7. The Labute approximate surface area is 257 Å². The number of para-hydroxylation sites is 3. The van der Waals surface area contributed by atoms with Gasteiger partial charge in [-0.2, -0.15) is 0 Å². The van der Waals surface area contributed by atoms with Gasteiger partial charge in [0.05, 0.1) is 16.7 Å². The summed E-state index contributed by atoms with van der Waals surface area (Å²) in [6, 6.07) is 42.0. The first-order valence-corrected chi connectivity index (χ1v) is 16.3. The zero-order chi connectivity index (χ0) is 28.4. The Balaban J connectivity index is 1.34. The van der Waals surface area contributed by atoms with E-state index in [4.69, 9.17) is 4.42 Å². The molecule has 0 fully saturated rings. The highest BCUT2D eigenvalue weighted by molar-refractivity contribution is 8.05. The number of nitrogens with zero attached hydrogens (tertiary/aromatic N) is 1. The van der Waals surface area contributed by atoms with E-state index in [1.807, 2.05) is 29.6 Å². The van der Waals surface area contributed by atoms with Crippen LogP contribution in [0.1, 0.15) is 25.0 Å². The second kappa shape index (κ2) is 8.37. The van der Waals surface area contributed by atoms with Gasteiger partial charge in [0.2, 0.25) is 0 Å². The first-order valence-electron chi connectivity index (χ1n) is 14.7. The average molecular weight is 588 g/mol. The molecule has 0 atom stereocenters. The Kier molecular flexibility index (Phi) is 4.69. The van der Waals surface area contributed by atoms with Gasteiger partial charge < -0.3 is 8.98 Å². The minimum atomic E-state index is -0.142. The molecule has 6 aromatic carbocycles. The van der Waals surface area contributed by atoms with E-state index in [1.165, 1.54) is 63.6 Å². The average Bonchev–Trinajstić information content (AvgIpc) is 3.66. The summed E-state index contributed by atoms with van der Waals surface area (Å²) in [5.74, 6) is 0. The molecule has 4 heteroatoms. The van der Waals surface area contributed by atoms with Crippen molar-refractivity contribution < 1.29 is 4.42 Å². The van der Waals surface area contributed by atoms with Crippen molar-refractivity contribution in [1.29, 1.82) is 0 Å². The molecule has 0 saturated heterocycles. The smallest absolute Gasteiger partial charge is 0.159 e. The minimum absolute atomic E-state index is 0.142. The molecule has 2 nitrogen and oxygen atoms in total. The van der Waals surface area contributed by atoms with Gasteiger partial charge in [-0.05, 0) is 53.1 Å². The Morgan fingerprint density at radius 2 is 1.35 bits per heavy atom. The summed E-state index contributed by atoms with van der Waals surface area (Å²) in [7, 11) is 0. The number of hydrogen-bond acceptors (Lipinski definition) is 3. The van der Waals surface area contributed by atoms with E-state index in [-0.39, 0.29) is 5.41 Å². The van der Waals surface area contributed by atoms with Crippen LogP contribution in [-0.4, -0.2) is 4.57 Å². The molecule has 0 unspecified atom stereocenters. The molecule has 0 radical (unpaired) electrons. The molecular weight excluding hydrogens is 563 g/mol. The van der Waals surface area contributed by atoms with Crippen LogP contribution in [0.3, 0.4) is 0 Å². The van der Waals surface area contributed by atoms with Crippen LogP contribution in [0, 0.1) is 0 Å². The molecule has 0 amide bonds. The zero-order valence-corrected chi connectivity index (χ0v) is 25.3. The largest absolute Gasteiger partial charge is 0.454 e. The van der Waals surface area contributed by atoms with E-state index in [9.17, 15) is 0 Å². The van der Waals surface area contributed by atoms with Crippen LogP contribution in [0.5, 0.6) is 0 Å². The minimum Gasteiger partial charge on any atom is -0.454 e. The van der Waals surface area contributed by atoms with Gasteiger partial charge in [0.25, 0.3) is 0 Å². The molecule has 0 bridgehead atoms. The number of aromatic nitrogens is 1. The maximum absolute atomic E-state index is 6.62. The van der Waals surface area contributed by atoms with Gasteiger partial charge >= 0.3 is 0 Å². The van der Waals surface area contributed by atoms with Crippen molar-refractivity contribution in [3.05, 3.63) is 126 Å². The van der Waals surface area contributed by atoms with Gasteiger partial charge in [0.1, 0.15) is 5.58 Å². The molecule has 1 aliphatic carbocycles.